The van der Waals surface area contributed by atoms with Gasteiger partial charge < -0.3 is 51.8 Å². The summed E-state index contributed by atoms with van der Waals surface area (Å²) in [5, 5.41) is 0.471. The second-order valence-corrected chi connectivity index (χ2v) is 22.6. The lowest BCUT2D eigenvalue weighted by atomic mass is 9.76. The first kappa shape index (κ1) is 61.1. The van der Waals surface area contributed by atoms with Crippen LogP contribution in [0.1, 0.15) is 83.8 Å². The van der Waals surface area contributed by atoms with Crippen molar-refractivity contribution in [2.45, 2.75) is 93.3 Å². The Kier molecular flexibility index (Phi) is 22.4. The van der Waals surface area contributed by atoms with Crippen LogP contribution < -0.4 is 4.90 Å². The molecular formula is C50H67N3O19S3-2. The lowest BCUT2D eigenvalue weighted by molar-refractivity contribution is -0.438. The zero-order valence-corrected chi connectivity index (χ0v) is 45.4. The van der Waals surface area contributed by atoms with Crippen molar-refractivity contribution in [3.8, 4) is 0 Å². The average Bonchev–Trinajstić information content (AvgIpc) is 3.88. The molecule has 22 nitrogen and oxygen atoms in total. The maximum atomic E-state index is 12.9. The maximum Gasteiger partial charge on any atom is 0.333 e. The molecule has 0 aromatic heterocycles. The highest BCUT2D eigenvalue weighted by atomic mass is 32.2. The zero-order chi connectivity index (χ0) is 55.0. The fourth-order valence-corrected chi connectivity index (χ4v) is 10.6. The SMILES string of the molecule is CCN1C(=CC=C(C)C=CC2=[N+](CCCC(=O)ON3C(=O)CCC3=O)c3ccc(S(=O)(=O)[O-])cc3C2(C)CCOCCOCCOCCOCCOCCOC)C(C)(CCCS(=O)(=O)[O-])c2cc(S(=O)(=O)[O-])ccc21. The molecule has 2 atom stereocenters. The van der Waals surface area contributed by atoms with Gasteiger partial charge in [0.05, 0.1) is 97.8 Å². The van der Waals surface area contributed by atoms with Crippen molar-refractivity contribution in [1.82, 2.24) is 5.06 Å². The van der Waals surface area contributed by atoms with Gasteiger partial charge in [0.25, 0.3) is 11.8 Å². The Morgan fingerprint density at radius 1 is 0.720 bits per heavy atom. The van der Waals surface area contributed by atoms with E-state index in [4.69, 9.17) is 33.3 Å². The summed E-state index contributed by atoms with van der Waals surface area (Å²) in [6, 6.07) is 8.10. The third kappa shape index (κ3) is 16.9. The minimum atomic E-state index is -4.91. The number of imide groups is 1. The molecule has 0 aliphatic carbocycles. The van der Waals surface area contributed by atoms with Crippen LogP contribution in [0, 0.1) is 0 Å². The quantitative estimate of drug-likeness (QED) is 0.0322. The first-order valence-corrected chi connectivity index (χ1v) is 28.9. The summed E-state index contributed by atoms with van der Waals surface area (Å²) in [6.45, 7) is 11.8. The molecule has 3 aliphatic rings. The molecule has 0 bridgehead atoms. The lowest BCUT2D eigenvalue weighted by Gasteiger charge is -2.30. The Hall–Kier alpha value is -4.77. The van der Waals surface area contributed by atoms with E-state index in [1.807, 2.05) is 36.3 Å². The molecule has 5 rings (SSSR count). The van der Waals surface area contributed by atoms with Crippen LogP contribution in [-0.4, -0.2) is 171 Å². The van der Waals surface area contributed by atoms with E-state index in [9.17, 15) is 53.3 Å². The molecular weight excluding hydrogens is 1040 g/mol. The minimum Gasteiger partial charge on any atom is -0.748 e. The Balaban J connectivity index is 1.40. The number of fused-ring (bicyclic) bond motifs is 2. The molecule has 2 aromatic carbocycles. The number of methoxy groups -OCH3 is 1. The van der Waals surface area contributed by atoms with E-state index >= 15 is 0 Å². The van der Waals surface area contributed by atoms with Crippen molar-refractivity contribution in [2.24, 2.45) is 0 Å². The van der Waals surface area contributed by atoms with Gasteiger partial charge in [0.15, 0.2) is 5.71 Å². The fraction of sp³-hybridized carbons (Fsp3) is 0.560. The highest BCUT2D eigenvalue weighted by Crippen LogP contribution is 2.51. The first-order valence-electron chi connectivity index (χ1n) is 24.5. The number of rotatable bonds is 33. The van der Waals surface area contributed by atoms with Gasteiger partial charge in [-0.2, -0.15) is 4.58 Å². The highest BCUT2D eigenvalue weighted by Gasteiger charge is 2.48. The predicted molar refractivity (Wildman–Crippen MR) is 268 cm³/mol. The van der Waals surface area contributed by atoms with E-state index in [2.05, 4.69) is 0 Å². The van der Waals surface area contributed by atoms with E-state index in [1.54, 1.807) is 32.3 Å². The molecule has 75 heavy (non-hydrogen) atoms. The third-order valence-corrected chi connectivity index (χ3v) is 15.5. The van der Waals surface area contributed by atoms with Crippen molar-refractivity contribution < 1.29 is 91.1 Å². The number of amides is 2. The number of carbonyl (C=O) groups excluding carboxylic acids is 3. The Bertz CT molecular complexity index is 2810. The van der Waals surface area contributed by atoms with Crippen LogP contribution in [0.25, 0.3) is 0 Å². The zero-order valence-electron chi connectivity index (χ0n) is 42.9. The molecule has 1 fully saturated rings. The first-order chi connectivity index (χ1) is 35.4. The van der Waals surface area contributed by atoms with E-state index in [0.717, 1.165) is 0 Å². The number of benzene rings is 2. The monoisotopic (exact) mass is 1110 g/mol. The largest absolute Gasteiger partial charge is 0.748 e. The van der Waals surface area contributed by atoms with Crippen LogP contribution in [0.5, 0.6) is 0 Å². The highest BCUT2D eigenvalue weighted by molar-refractivity contribution is 7.86. The van der Waals surface area contributed by atoms with Crippen molar-refractivity contribution in [3.63, 3.8) is 0 Å². The Morgan fingerprint density at radius 2 is 1.25 bits per heavy atom. The molecule has 2 amide bonds. The summed E-state index contributed by atoms with van der Waals surface area (Å²) in [5.74, 6) is -2.72. The molecule has 2 aromatic rings. The van der Waals surface area contributed by atoms with Crippen LogP contribution in [0.2, 0.25) is 0 Å². The lowest BCUT2D eigenvalue weighted by Crippen LogP contribution is -2.33. The molecule has 0 spiro atoms. The molecule has 1 saturated heterocycles. The predicted octanol–water partition coefficient (Wildman–Crippen LogP) is 3.87. The molecule has 0 radical (unpaired) electrons. The van der Waals surface area contributed by atoms with Gasteiger partial charge in [-0.15, -0.1) is 5.06 Å². The molecule has 416 valence electrons. The van der Waals surface area contributed by atoms with Crippen molar-refractivity contribution in [2.75, 3.05) is 104 Å². The molecule has 3 aliphatic heterocycles. The van der Waals surface area contributed by atoms with Crippen LogP contribution in [0.4, 0.5) is 11.4 Å². The van der Waals surface area contributed by atoms with Gasteiger partial charge in [-0.3, -0.25) is 9.59 Å². The van der Waals surface area contributed by atoms with Crippen LogP contribution in [-0.2, 0) is 88.8 Å². The number of nitrogens with zero attached hydrogens (tertiary/aromatic N) is 3. The number of hydroxylamine groups is 2. The summed E-state index contributed by atoms with van der Waals surface area (Å²) in [6.07, 6.45) is 7.35. The number of carbonyl (C=O) groups is 3. The van der Waals surface area contributed by atoms with Crippen LogP contribution >= 0.6 is 0 Å². The van der Waals surface area contributed by atoms with Crippen LogP contribution in [0.15, 0.2) is 81.8 Å². The number of hydrogen-bond donors (Lipinski definition) is 0. The second-order valence-electron chi connectivity index (χ2n) is 18.3. The van der Waals surface area contributed by atoms with Gasteiger partial charge in [0, 0.05) is 79.8 Å². The second kappa shape index (κ2) is 27.5. The molecule has 3 heterocycles. The number of anilines is 1. The van der Waals surface area contributed by atoms with Crippen molar-refractivity contribution >= 4 is 65.2 Å². The van der Waals surface area contributed by atoms with E-state index in [-0.39, 0.29) is 71.3 Å². The number of hydrogen-bond acceptors (Lipinski definition) is 20. The third-order valence-electron chi connectivity index (χ3n) is 13.0. The maximum absolute atomic E-state index is 12.9. The topological polar surface area (TPSA) is 297 Å². The van der Waals surface area contributed by atoms with Gasteiger partial charge in [0.2, 0.25) is 5.69 Å². The van der Waals surface area contributed by atoms with E-state index < -0.39 is 74.5 Å². The molecule has 2 unspecified atom stereocenters. The smallest absolute Gasteiger partial charge is 0.333 e. The number of allylic oxidation sites excluding steroid dienone is 6. The van der Waals surface area contributed by atoms with Crippen LogP contribution in [0.3, 0.4) is 0 Å². The average molecular weight is 1110 g/mol. The van der Waals surface area contributed by atoms with E-state index in [1.165, 1.54) is 36.4 Å². The normalized spacial score (nSPS) is 19.8. The summed E-state index contributed by atoms with van der Waals surface area (Å²) >= 11 is 0. The molecule has 0 N–H and O–H groups in total. The fourth-order valence-electron chi connectivity index (χ4n) is 9.15. The van der Waals surface area contributed by atoms with Gasteiger partial charge in [-0.1, -0.05) is 17.7 Å². The summed E-state index contributed by atoms with van der Waals surface area (Å²) in [4.78, 5) is 43.3. The summed E-state index contributed by atoms with van der Waals surface area (Å²) in [5.41, 5.74) is 2.02. The summed E-state index contributed by atoms with van der Waals surface area (Å²) < 4.78 is 144. The van der Waals surface area contributed by atoms with Crippen molar-refractivity contribution in [3.05, 3.63) is 83.1 Å². The standard InChI is InChI=1S/C50H69N3O19S3/c1-6-51-42-14-12-38(74(60,61)62)35-40(42)49(3,20-8-34-73(57,58)59)44(51)16-10-37(2)11-17-45-50(4,21-23-67-26-27-69-30-31-71-33-32-70-29-28-68-25-24-66-5)41-36-39(75(63,64)65)13-15-43(41)52(45)22-7-9-48(56)72-53-46(54)18-19-47(53)55/h10-17,35-36H,6-9,18-34H2,1-5H3,(H2-,57,58,59,60,61,62,63,64,65)/p-2. The summed E-state index contributed by atoms with van der Waals surface area (Å²) in [7, 11) is -12.8. The molecule has 0 saturated carbocycles. The van der Waals surface area contributed by atoms with Gasteiger partial charge in [-0.25, -0.2) is 30.0 Å². The minimum absolute atomic E-state index is 0.0571. The Morgan fingerprint density at radius 3 is 1.79 bits per heavy atom. The van der Waals surface area contributed by atoms with Crippen molar-refractivity contribution in [1.29, 1.82) is 0 Å². The molecule has 25 heteroatoms. The van der Waals surface area contributed by atoms with Gasteiger partial charge >= 0.3 is 5.97 Å². The number of likely N-dealkylation sites (N-methyl/N-ethyl adjacent to an activating group) is 1. The van der Waals surface area contributed by atoms with E-state index in [0.29, 0.717) is 104 Å². The van der Waals surface area contributed by atoms with Gasteiger partial charge in [-0.05, 0) is 88.9 Å². The number of ether oxygens (including phenoxy) is 6. The van der Waals surface area contributed by atoms with Gasteiger partial charge in [0.1, 0.15) is 26.8 Å². The Labute approximate surface area is 439 Å².